The summed E-state index contributed by atoms with van der Waals surface area (Å²) in [5.74, 6) is 0.00402. The molecule has 1 heterocycles. The molecule has 0 unspecified atom stereocenters. The molecular weight excluding hydrogens is 180 g/mol. The van der Waals surface area contributed by atoms with Crippen molar-refractivity contribution in [1.29, 1.82) is 0 Å². The minimum absolute atomic E-state index is 0.169. The van der Waals surface area contributed by atoms with E-state index in [-0.39, 0.29) is 23.3 Å². The maximum Gasteiger partial charge on any atom is 0.331 e. The molecule has 2 atom stereocenters. The van der Waals surface area contributed by atoms with E-state index in [9.17, 15) is 9.59 Å². The molecule has 0 spiro atoms. The maximum atomic E-state index is 11.4. The van der Waals surface area contributed by atoms with Gasteiger partial charge in [0.1, 0.15) is 11.9 Å². The van der Waals surface area contributed by atoms with Gasteiger partial charge in [0.05, 0.1) is 0 Å². The maximum absolute atomic E-state index is 11.4. The zero-order chi connectivity index (χ0) is 10.2. The SMILES string of the molecule is C[C@]1([C@H]2C=CC(=O)O2)CCCC(=O)C1. The van der Waals surface area contributed by atoms with Gasteiger partial charge in [-0.25, -0.2) is 4.79 Å². The van der Waals surface area contributed by atoms with E-state index in [1.807, 2.05) is 6.92 Å². The first-order valence-corrected chi connectivity index (χ1v) is 5.01. The summed E-state index contributed by atoms with van der Waals surface area (Å²) in [5, 5.41) is 0. The molecule has 0 bridgehead atoms. The molecule has 3 heteroatoms. The van der Waals surface area contributed by atoms with Gasteiger partial charge in [-0.05, 0) is 18.9 Å². The molecule has 14 heavy (non-hydrogen) atoms. The second-order valence-corrected chi connectivity index (χ2v) is 4.44. The smallest absolute Gasteiger partial charge is 0.331 e. The number of ether oxygens (including phenoxy) is 1. The van der Waals surface area contributed by atoms with Crippen molar-refractivity contribution < 1.29 is 14.3 Å². The molecule has 0 N–H and O–H groups in total. The summed E-state index contributed by atoms with van der Waals surface area (Å²) in [6, 6.07) is 0. The molecule has 1 saturated carbocycles. The molecule has 0 aromatic rings. The molecule has 1 aliphatic heterocycles. The van der Waals surface area contributed by atoms with Crippen LogP contribution in [0.2, 0.25) is 0 Å². The Kier molecular flexibility index (Phi) is 2.17. The van der Waals surface area contributed by atoms with Crippen molar-refractivity contribution in [1.82, 2.24) is 0 Å². The van der Waals surface area contributed by atoms with E-state index in [4.69, 9.17) is 4.74 Å². The van der Waals surface area contributed by atoms with Crippen LogP contribution in [0.5, 0.6) is 0 Å². The number of cyclic esters (lactones) is 1. The van der Waals surface area contributed by atoms with Gasteiger partial charge in [-0.1, -0.05) is 6.92 Å². The van der Waals surface area contributed by atoms with Crippen LogP contribution in [-0.2, 0) is 14.3 Å². The van der Waals surface area contributed by atoms with Gasteiger partial charge < -0.3 is 4.74 Å². The Bertz CT molecular complexity index is 306. The highest BCUT2D eigenvalue weighted by atomic mass is 16.5. The van der Waals surface area contributed by atoms with Crippen LogP contribution in [0.25, 0.3) is 0 Å². The Labute approximate surface area is 83.1 Å². The zero-order valence-corrected chi connectivity index (χ0v) is 8.29. The van der Waals surface area contributed by atoms with Gasteiger partial charge in [-0.3, -0.25) is 4.79 Å². The second kappa shape index (κ2) is 3.23. The first-order valence-electron chi connectivity index (χ1n) is 5.01. The van der Waals surface area contributed by atoms with E-state index in [1.54, 1.807) is 6.08 Å². The van der Waals surface area contributed by atoms with Crippen LogP contribution in [0.15, 0.2) is 12.2 Å². The summed E-state index contributed by atoms with van der Waals surface area (Å²) in [6.45, 7) is 2.03. The van der Waals surface area contributed by atoms with Crippen molar-refractivity contribution in [2.75, 3.05) is 0 Å². The number of carbonyl (C=O) groups is 2. The number of esters is 1. The number of Topliss-reactive ketones (excluding diaryl/α,β-unsaturated/α-hetero) is 1. The molecule has 2 aliphatic rings. The summed E-state index contributed by atoms with van der Waals surface area (Å²) in [6.07, 6.45) is 6.13. The van der Waals surface area contributed by atoms with Gasteiger partial charge in [-0.15, -0.1) is 0 Å². The Morgan fingerprint density at radius 3 is 2.86 bits per heavy atom. The molecule has 0 aromatic carbocycles. The first-order chi connectivity index (χ1) is 6.60. The summed E-state index contributed by atoms with van der Waals surface area (Å²) in [7, 11) is 0. The number of carbonyl (C=O) groups excluding carboxylic acids is 2. The molecule has 3 nitrogen and oxygen atoms in total. The van der Waals surface area contributed by atoms with Crippen LogP contribution in [0, 0.1) is 5.41 Å². The molecule has 1 aliphatic carbocycles. The number of hydrogen-bond acceptors (Lipinski definition) is 3. The van der Waals surface area contributed by atoms with E-state index in [0.29, 0.717) is 12.8 Å². The molecule has 1 fully saturated rings. The van der Waals surface area contributed by atoms with Crippen LogP contribution < -0.4 is 0 Å². The van der Waals surface area contributed by atoms with Crippen molar-refractivity contribution in [3.8, 4) is 0 Å². The lowest BCUT2D eigenvalue weighted by atomic mass is 9.71. The van der Waals surface area contributed by atoms with Crippen LogP contribution >= 0.6 is 0 Å². The largest absolute Gasteiger partial charge is 0.454 e. The fraction of sp³-hybridized carbons (Fsp3) is 0.636. The fourth-order valence-corrected chi connectivity index (χ4v) is 2.30. The normalized spacial score (nSPS) is 37.4. The quantitative estimate of drug-likeness (QED) is 0.596. The molecule has 0 amide bonds. The standard InChI is InChI=1S/C11H14O3/c1-11(6-2-3-8(12)7-11)9-4-5-10(13)14-9/h4-5,9H,2-3,6-7H2,1H3/t9-,11+/m1/s1. The molecular formula is C11H14O3. The highest BCUT2D eigenvalue weighted by Crippen LogP contribution is 2.40. The molecule has 76 valence electrons. The van der Waals surface area contributed by atoms with Gasteiger partial charge in [0.2, 0.25) is 0 Å². The third-order valence-electron chi connectivity index (χ3n) is 3.14. The Morgan fingerprint density at radius 2 is 2.29 bits per heavy atom. The van der Waals surface area contributed by atoms with Crippen LogP contribution in [0.1, 0.15) is 32.6 Å². The summed E-state index contributed by atoms with van der Waals surface area (Å²) in [5.41, 5.74) is -0.169. The number of hydrogen-bond donors (Lipinski definition) is 0. The summed E-state index contributed by atoms with van der Waals surface area (Å²) >= 11 is 0. The lowest BCUT2D eigenvalue weighted by molar-refractivity contribution is -0.146. The predicted molar refractivity (Wildman–Crippen MR) is 50.6 cm³/mol. The Balaban J connectivity index is 2.11. The fourth-order valence-electron chi connectivity index (χ4n) is 2.30. The Hall–Kier alpha value is -1.12. The summed E-state index contributed by atoms with van der Waals surface area (Å²) in [4.78, 5) is 22.3. The highest BCUT2D eigenvalue weighted by molar-refractivity contribution is 5.85. The van der Waals surface area contributed by atoms with E-state index >= 15 is 0 Å². The Morgan fingerprint density at radius 1 is 1.50 bits per heavy atom. The predicted octanol–water partition coefficient (Wildman–Crippen LogP) is 1.62. The van der Waals surface area contributed by atoms with Crippen LogP contribution in [0.4, 0.5) is 0 Å². The van der Waals surface area contributed by atoms with Crippen molar-refractivity contribution in [3.05, 3.63) is 12.2 Å². The monoisotopic (exact) mass is 194 g/mol. The molecule has 0 radical (unpaired) electrons. The van der Waals surface area contributed by atoms with E-state index < -0.39 is 0 Å². The second-order valence-electron chi connectivity index (χ2n) is 4.44. The van der Waals surface area contributed by atoms with Crippen molar-refractivity contribution >= 4 is 11.8 Å². The van der Waals surface area contributed by atoms with E-state index in [2.05, 4.69) is 0 Å². The molecule has 0 aromatic heterocycles. The van der Waals surface area contributed by atoms with Crippen molar-refractivity contribution in [2.45, 2.75) is 38.7 Å². The lowest BCUT2D eigenvalue weighted by Crippen LogP contribution is -2.37. The van der Waals surface area contributed by atoms with Gasteiger partial charge in [0, 0.05) is 24.3 Å². The van der Waals surface area contributed by atoms with Crippen LogP contribution in [0.3, 0.4) is 0 Å². The third kappa shape index (κ3) is 1.59. The zero-order valence-electron chi connectivity index (χ0n) is 8.29. The van der Waals surface area contributed by atoms with Gasteiger partial charge >= 0.3 is 5.97 Å². The minimum atomic E-state index is -0.283. The van der Waals surface area contributed by atoms with Crippen molar-refractivity contribution in [3.63, 3.8) is 0 Å². The molecule has 2 rings (SSSR count). The molecule has 0 saturated heterocycles. The summed E-state index contributed by atoms with van der Waals surface area (Å²) < 4.78 is 5.15. The number of rotatable bonds is 1. The van der Waals surface area contributed by atoms with Gasteiger partial charge in [0.15, 0.2) is 0 Å². The lowest BCUT2D eigenvalue weighted by Gasteiger charge is -2.36. The van der Waals surface area contributed by atoms with E-state index in [0.717, 1.165) is 12.8 Å². The average Bonchev–Trinajstić information content (AvgIpc) is 2.52. The van der Waals surface area contributed by atoms with E-state index in [1.165, 1.54) is 6.08 Å². The number of ketones is 1. The van der Waals surface area contributed by atoms with Gasteiger partial charge in [0.25, 0.3) is 0 Å². The average molecular weight is 194 g/mol. The van der Waals surface area contributed by atoms with Gasteiger partial charge in [-0.2, -0.15) is 0 Å². The topological polar surface area (TPSA) is 43.4 Å². The third-order valence-corrected chi connectivity index (χ3v) is 3.14. The first kappa shape index (κ1) is 9.44. The van der Waals surface area contributed by atoms with Crippen LogP contribution in [-0.4, -0.2) is 17.9 Å². The highest BCUT2D eigenvalue weighted by Gasteiger charge is 2.41. The van der Waals surface area contributed by atoms with Crippen molar-refractivity contribution in [2.24, 2.45) is 5.41 Å². The minimum Gasteiger partial charge on any atom is -0.454 e.